The largest absolute Gasteiger partial charge is 0.456 e. The predicted molar refractivity (Wildman–Crippen MR) is 219 cm³/mol. The van der Waals surface area contributed by atoms with Gasteiger partial charge in [-0.3, -0.25) is 0 Å². The van der Waals surface area contributed by atoms with E-state index in [0.717, 1.165) is 39.0 Å². The summed E-state index contributed by atoms with van der Waals surface area (Å²) in [6.07, 6.45) is 0. The normalized spacial score (nSPS) is 11.8. The molecule has 0 aliphatic heterocycles. The quantitative estimate of drug-likeness (QED) is 0.182. The predicted octanol–water partition coefficient (Wildman–Crippen LogP) is 14.3. The third-order valence-corrected chi connectivity index (χ3v) is 10.7. The van der Waals surface area contributed by atoms with Crippen LogP contribution >= 0.6 is 0 Å². The number of fused-ring (bicyclic) bond motifs is 9. The summed E-state index contributed by atoms with van der Waals surface area (Å²) in [4.78, 5) is 2.35. The first-order valence-corrected chi connectivity index (χ1v) is 17.8. The molecule has 0 saturated heterocycles. The molecule has 0 amide bonds. The van der Waals surface area contributed by atoms with E-state index in [1.165, 1.54) is 66.1 Å². The van der Waals surface area contributed by atoms with Gasteiger partial charge in [0.25, 0.3) is 0 Å². The van der Waals surface area contributed by atoms with Gasteiger partial charge in [-0.15, -0.1) is 0 Å². The molecular formula is C50H31NO. The lowest BCUT2D eigenvalue weighted by molar-refractivity contribution is 0.669. The Morgan fingerprint density at radius 1 is 0.308 bits per heavy atom. The number of hydrogen-bond acceptors (Lipinski definition) is 2. The molecule has 2 heteroatoms. The van der Waals surface area contributed by atoms with Gasteiger partial charge in [-0.25, -0.2) is 0 Å². The molecule has 10 aromatic rings. The van der Waals surface area contributed by atoms with Crippen LogP contribution in [0.1, 0.15) is 0 Å². The number of furan rings is 1. The Morgan fingerprint density at radius 3 is 1.46 bits per heavy atom. The number of anilines is 3. The van der Waals surface area contributed by atoms with Gasteiger partial charge in [0, 0.05) is 27.8 Å². The second-order valence-electron chi connectivity index (χ2n) is 13.7. The number of benzene rings is 9. The van der Waals surface area contributed by atoms with Gasteiger partial charge in [-0.2, -0.15) is 0 Å². The lowest BCUT2D eigenvalue weighted by Gasteiger charge is -2.33. The molecule has 0 spiro atoms. The molecule has 1 aliphatic rings. The molecule has 9 aromatic carbocycles. The van der Waals surface area contributed by atoms with Crippen LogP contribution in [0.5, 0.6) is 0 Å². The van der Waals surface area contributed by atoms with Gasteiger partial charge in [0.1, 0.15) is 11.2 Å². The summed E-state index contributed by atoms with van der Waals surface area (Å²) < 4.78 is 6.20. The molecule has 0 bridgehead atoms. The van der Waals surface area contributed by atoms with Crippen LogP contribution in [-0.4, -0.2) is 0 Å². The lowest BCUT2D eigenvalue weighted by atomic mass is 9.70. The smallest absolute Gasteiger partial charge is 0.135 e. The van der Waals surface area contributed by atoms with Crippen LogP contribution in [0.3, 0.4) is 0 Å². The highest BCUT2D eigenvalue weighted by atomic mass is 16.3. The summed E-state index contributed by atoms with van der Waals surface area (Å²) in [6, 6.07) is 67.9. The SMILES string of the molecule is c1ccc(-c2c3c(c(-c4ccccc4)c4ccccc24)-c2cc4cc(N(c5ccccc5)c5ccc6oc7ccccc7c6c5)ccc4cc2-3)cc1. The number of rotatable bonds is 5. The maximum Gasteiger partial charge on any atom is 0.135 e. The maximum absolute atomic E-state index is 6.20. The third kappa shape index (κ3) is 4.31. The van der Waals surface area contributed by atoms with E-state index in [9.17, 15) is 0 Å². The van der Waals surface area contributed by atoms with Crippen LogP contribution in [0.15, 0.2) is 192 Å². The molecule has 0 atom stereocenters. The fourth-order valence-electron chi connectivity index (χ4n) is 8.44. The highest BCUT2D eigenvalue weighted by molar-refractivity contribution is 6.26. The Morgan fingerprint density at radius 2 is 0.808 bits per heavy atom. The molecule has 11 rings (SSSR count). The van der Waals surface area contributed by atoms with E-state index in [-0.39, 0.29) is 0 Å². The minimum atomic E-state index is 0.895. The van der Waals surface area contributed by atoms with Crippen LogP contribution in [0.25, 0.3) is 88.0 Å². The van der Waals surface area contributed by atoms with Crippen molar-refractivity contribution < 1.29 is 4.42 Å². The standard InChI is InChI=1S/C50H31NO/c1-4-14-32(15-5-1)47-40-21-10-11-22-41(40)48(33-16-6-2-7-17-33)50-44-30-35-28-37(25-24-34(35)29-43(44)49(47)50)51(36-18-8-3-9-19-36)38-26-27-46-42(31-38)39-20-12-13-23-45(39)52-46/h1-31H. The van der Waals surface area contributed by atoms with Crippen LogP contribution in [0.4, 0.5) is 17.1 Å². The molecular weight excluding hydrogens is 631 g/mol. The second-order valence-corrected chi connectivity index (χ2v) is 13.7. The van der Waals surface area contributed by atoms with Crippen molar-refractivity contribution in [3.05, 3.63) is 188 Å². The van der Waals surface area contributed by atoms with Gasteiger partial charge in [0.15, 0.2) is 0 Å². The average Bonchev–Trinajstić information content (AvgIpc) is 3.58. The summed E-state index contributed by atoms with van der Waals surface area (Å²) in [5.74, 6) is 0. The topological polar surface area (TPSA) is 16.4 Å². The Bertz CT molecular complexity index is 3000. The van der Waals surface area contributed by atoms with E-state index in [4.69, 9.17) is 4.42 Å². The van der Waals surface area contributed by atoms with Gasteiger partial charge in [0.05, 0.1) is 0 Å². The van der Waals surface area contributed by atoms with Crippen molar-refractivity contribution in [1.82, 2.24) is 0 Å². The van der Waals surface area contributed by atoms with Gasteiger partial charge < -0.3 is 9.32 Å². The van der Waals surface area contributed by atoms with Crippen molar-refractivity contribution in [3.8, 4) is 44.5 Å². The fraction of sp³-hybridized carbons (Fsp3) is 0. The second kappa shape index (κ2) is 11.3. The molecule has 0 N–H and O–H groups in total. The first-order chi connectivity index (χ1) is 25.8. The zero-order chi connectivity index (χ0) is 34.2. The number of hydrogen-bond donors (Lipinski definition) is 0. The van der Waals surface area contributed by atoms with Gasteiger partial charge in [-0.05, 0) is 127 Å². The van der Waals surface area contributed by atoms with E-state index >= 15 is 0 Å². The third-order valence-electron chi connectivity index (χ3n) is 10.7. The fourth-order valence-corrected chi connectivity index (χ4v) is 8.44. The average molecular weight is 662 g/mol. The summed E-state index contributed by atoms with van der Waals surface area (Å²) >= 11 is 0. The van der Waals surface area contributed by atoms with Gasteiger partial charge in [0.2, 0.25) is 0 Å². The molecule has 242 valence electrons. The minimum Gasteiger partial charge on any atom is -0.456 e. The van der Waals surface area contributed by atoms with E-state index in [2.05, 4.69) is 181 Å². The van der Waals surface area contributed by atoms with Gasteiger partial charge >= 0.3 is 0 Å². The van der Waals surface area contributed by atoms with Crippen LogP contribution in [0.2, 0.25) is 0 Å². The van der Waals surface area contributed by atoms with E-state index in [1.54, 1.807) is 0 Å². The highest BCUT2D eigenvalue weighted by Crippen LogP contribution is 2.60. The molecule has 0 radical (unpaired) electrons. The Hall–Kier alpha value is -6.90. The van der Waals surface area contributed by atoms with Crippen molar-refractivity contribution in [2.75, 3.05) is 4.90 Å². The van der Waals surface area contributed by atoms with Crippen molar-refractivity contribution in [3.63, 3.8) is 0 Å². The van der Waals surface area contributed by atoms with Crippen molar-refractivity contribution in [2.24, 2.45) is 0 Å². The van der Waals surface area contributed by atoms with Crippen molar-refractivity contribution in [1.29, 1.82) is 0 Å². The number of para-hydroxylation sites is 2. The molecule has 0 unspecified atom stereocenters. The first-order valence-electron chi connectivity index (χ1n) is 17.8. The zero-order valence-corrected chi connectivity index (χ0v) is 28.3. The molecule has 1 heterocycles. The monoisotopic (exact) mass is 661 g/mol. The summed E-state index contributed by atoms with van der Waals surface area (Å²) in [5, 5.41) is 7.25. The van der Waals surface area contributed by atoms with Crippen molar-refractivity contribution in [2.45, 2.75) is 0 Å². The zero-order valence-electron chi connectivity index (χ0n) is 28.3. The highest BCUT2D eigenvalue weighted by Gasteiger charge is 2.32. The summed E-state index contributed by atoms with van der Waals surface area (Å²) in [5.41, 5.74) is 15.5. The molecule has 52 heavy (non-hydrogen) atoms. The summed E-state index contributed by atoms with van der Waals surface area (Å²) in [7, 11) is 0. The van der Waals surface area contributed by atoms with Crippen LogP contribution < -0.4 is 4.90 Å². The Kier molecular flexibility index (Phi) is 6.28. The summed E-state index contributed by atoms with van der Waals surface area (Å²) in [6.45, 7) is 0. The Balaban J connectivity index is 1.13. The first kappa shape index (κ1) is 28.9. The maximum atomic E-state index is 6.20. The van der Waals surface area contributed by atoms with E-state index in [1.807, 2.05) is 12.1 Å². The Labute approximate surface area is 301 Å². The van der Waals surface area contributed by atoms with Gasteiger partial charge in [-0.1, -0.05) is 127 Å². The molecule has 1 aliphatic carbocycles. The molecule has 2 nitrogen and oxygen atoms in total. The van der Waals surface area contributed by atoms with Crippen LogP contribution in [-0.2, 0) is 0 Å². The molecule has 0 fully saturated rings. The number of nitrogens with zero attached hydrogens (tertiary/aromatic N) is 1. The lowest BCUT2D eigenvalue weighted by Crippen LogP contribution is -2.10. The van der Waals surface area contributed by atoms with E-state index in [0.29, 0.717) is 0 Å². The minimum absolute atomic E-state index is 0.895. The molecule has 1 aromatic heterocycles. The van der Waals surface area contributed by atoms with E-state index < -0.39 is 0 Å². The van der Waals surface area contributed by atoms with Crippen molar-refractivity contribution >= 4 is 60.5 Å². The van der Waals surface area contributed by atoms with Crippen LogP contribution in [0, 0.1) is 0 Å². The molecule has 0 saturated carbocycles.